The molecule has 1 aromatic carbocycles. The summed E-state index contributed by atoms with van der Waals surface area (Å²) in [6, 6.07) is 8.75. The van der Waals surface area contributed by atoms with Gasteiger partial charge in [-0.2, -0.15) is 5.10 Å². The molecule has 2 N–H and O–H groups in total. The molecule has 24 heavy (non-hydrogen) atoms. The number of nitrogens with one attached hydrogen (secondary N) is 2. The first-order valence-corrected chi connectivity index (χ1v) is 7.71. The molecular weight excluding hydrogens is 308 g/mol. The largest absolute Gasteiger partial charge is 0.368 e. The third-order valence-electron chi connectivity index (χ3n) is 3.93. The third-order valence-corrected chi connectivity index (χ3v) is 3.93. The maximum atomic E-state index is 12.9. The van der Waals surface area contributed by atoms with Crippen molar-refractivity contribution in [1.29, 1.82) is 0 Å². The van der Waals surface area contributed by atoms with Crippen LogP contribution in [0.5, 0.6) is 0 Å². The fourth-order valence-electron chi connectivity index (χ4n) is 2.82. The second-order valence-electron chi connectivity index (χ2n) is 5.50. The minimum absolute atomic E-state index is 0.225. The normalized spacial score (nSPS) is 14.5. The number of anilines is 2. The number of tetrazole rings is 1. The molecule has 0 saturated heterocycles. The molecule has 122 valence electrons. The predicted molar refractivity (Wildman–Crippen MR) is 86.4 cm³/mol. The Hall–Kier alpha value is -3.23. The molecule has 0 fully saturated rings. The summed E-state index contributed by atoms with van der Waals surface area (Å²) < 4.78 is 3.29. The summed E-state index contributed by atoms with van der Waals surface area (Å²) in [5.41, 5.74) is 1.46. The number of nitrogens with zero attached hydrogens (tertiary/aromatic N) is 6. The highest BCUT2D eigenvalue weighted by Gasteiger charge is 2.26. The second kappa shape index (κ2) is 6.11. The van der Waals surface area contributed by atoms with Gasteiger partial charge in [0.1, 0.15) is 17.8 Å². The summed E-state index contributed by atoms with van der Waals surface area (Å²) in [5, 5.41) is 21.7. The van der Waals surface area contributed by atoms with Crippen molar-refractivity contribution in [3.63, 3.8) is 0 Å². The van der Waals surface area contributed by atoms with Gasteiger partial charge in [0, 0.05) is 13.1 Å². The molecule has 1 unspecified atom stereocenters. The molecule has 0 bridgehead atoms. The molecule has 9 nitrogen and oxygen atoms in total. The van der Waals surface area contributed by atoms with E-state index in [1.165, 1.54) is 11.0 Å². The minimum atomic E-state index is -0.652. The minimum Gasteiger partial charge on any atom is -0.368 e. The molecule has 1 aliphatic rings. The highest BCUT2D eigenvalue weighted by atomic mass is 16.2. The fraction of sp³-hybridized carbons (Fsp3) is 0.267. The lowest BCUT2D eigenvalue weighted by molar-refractivity contribution is -0.118. The lowest BCUT2D eigenvalue weighted by atomic mass is 10.1. The number of hydrogen-bond donors (Lipinski definition) is 2. The van der Waals surface area contributed by atoms with Gasteiger partial charge in [0.2, 0.25) is 0 Å². The van der Waals surface area contributed by atoms with Crippen molar-refractivity contribution < 1.29 is 4.79 Å². The zero-order chi connectivity index (χ0) is 16.4. The number of aryl methyl sites for hydroxylation is 1. The van der Waals surface area contributed by atoms with Crippen molar-refractivity contribution in [1.82, 2.24) is 30.0 Å². The quantitative estimate of drug-likeness (QED) is 0.739. The van der Waals surface area contributed by atoms with Crippen molar-refractivity contribution in [3.8, 4) is 0 Å². The Morgan fingerprint density at radius 1 is 1.29 bits per heavy atom. The molecule has 2 aromatic heterocycles. The van der Waals surface area contributed by atoms with Gasteiger partial charge in [0.05, 0.1) is 6.20 Å². The highest BCUT2D eigenvalue weighted by molar-refractivity contribution is 5.97. The molecule has 1 aliphatic heterocycles. The van der Waals surface area contributed by atoms with Crippen LogP contribution in [0.4, 0.5) is 11.5 Å². The van der Waals surface area contributed by atoms with Crippen LogP contribution in [0.2, 0.25) is 0 Å². The molecule has 0 spiro atoms. The smallest absolute Gasteiger partial charge is 0.254 e. The van der Waals surface area contributed by atoms with E-state index in [2.05, 4.69) is 31.3 Å². The van der Waals surface area contributed by atoms with Crippen molar-refractivity contribution in [3.05, 3.63) is 48.4 Å². The monoisotopic (exact) mass is 324 g/mol. The SMILES string of the molecule is O=C(Nc1cnn2c1NCCC2)C(c1ccccc1)n1cnnn1. The van der Waals surface area contributed by atoms with Crippen molar-refractivity contribution in [2.45, 2.75) is 19.0 Å². The van der Waals surface area contributed by atoms with E-state index >= 15 is 0 Å². The Labute approximate surface area is 137 Å². The van der Waals surface area contributed by atoms with Gasteiger partial charge < -0.3 is 10.6 Å². The maximum Gasteiger partial charge on any atom is 0.254 e. The Morgan fingerprint density at radius 3 is 2.96 bits per heavy atom. The van der Waals surface area contributed by atoms with E-state index in [1.54, 1.807) is 6.20 Å². The average Bonchev–Trinajstić information content (AvgIpc) is 3.27. The number of aromatic nitrogens is 6. The zero-order valence-electron chi connectivity index (χ0n) is 12.8. The molecule has 9 heteroatoms. The van der Waals surface area contributed by atoms with Crippen LogP contribution in [0, 0.1) is 0 Å². The van der Waals surface area contributed by atoms with Crippen LogP contribution < -0.4 is 10.6 Å². The standard InChI is InChI=1S/C15H16N8O/c24-15(19-12-9-18-22-8-4-7-16-14(12)22)13(23-10-17-20-21-23)11-5-2-1-3-6-11/h1-3,5-6,9-10,13,16H,4,7-8H2,(H,19,24). The van der Waals surface area contributed by atoms with Crippen molar-refractivity contribution >= 4 is 17.4 Å². The topological polar surface area (TPSA) is 103 Å². The van der Waals surface area contributed by atoms with Crippen LogP contribution in [0.15, 0.2) is 42.9 Å². The fourth-order valence-corrected chi connectivity index (χ4v) is 2.82. The summed E-state index contributed by atoms with van der Waals surface area (Å²) >= 11 is 0. The lowest BCUT2D eigenvalue weighted by Gasteiger charge is -2.19. The Morgan fingerprint density at radius 2 is 2.17 bits per heavy atom. The zero-order valence-corrected chi connectivity index (χ0v) is 12.8. The first kappa shape index (κ1) is 14.4. The van der Waals surface area contributed by atoms with Gasteiger partial charge >= 0.3 is 0 Å². The number of rotatable bonds is 4. The van der Waals surface area contributed by atoms with Crippen LogP contribution in [0.25, 0.3) is 0 Å². The molecule has 0 radical (unpaired) electrons. The molecular formula is C15H16N8O. The predicted octanol–water partition coefficient (Wildman–Crippen LogP) is 0.913. The van der Waals surface area contributed by atoms with Gasteiger partial charge in [-0.15, -0.1) is 5.10 Å². The van der Waals surface area contributed by atoms with Crippen molar-refractivity contribution in [2.75, 3.05) is 17.2 Å². The molecule has 3 heterocycles. The number of amides is 1. The molecule has 1 atom stereocenters. The molecule has 0 saturated carbocycles. The summed E-state index contributed by atoms with van der Waals surface area (Å²) in [7, 11) is 0. The lowest BCUT2D eigenvalue weighted by Crippen LogP contribution is -2.28. The number of hydrogen-bond acceptors (Lipinski definition) is 6. The van der Waals surface area contributed by atoms with Gasteiger partial charge in [0.15, 0.2) is 6.04 Å². The van der Waals surface area contributed by atoms with Crippen LogP contribution in [-0.4, -0.2) is 42.4 Å². The van der Waals surface area contributed by atoms with Crippen LogP contribution in [0.3, 0.4) is 0 Å². The average molecular weight is 324 g/mol. The number of carbonyl (C=O) groups excluding carboxylic acids is 1. The van der Waals surface area contributed by atoms with E-state index in [4.69, 9.17) is 0 Å². The van der Waals surface area contributed by atoms with Gasteiger partial charge in [0.25, 0.3) is 5.91 Å². The number of fused-ring (bicyclic) bond motifs is 1. The van der Waals surface area contributed by atoms with E-state index in [0.717, 1.165) is 30.9 Å². The number of benzene rings is 1. The van der Waals surface area contributed by atoms with Gasteiger partial charge in [-0.3, -0.25) is 4.79 Å². The van der Waals surface area contributed by atoms with Gasteiger partial charge in [-0.25, -0.2) is 9.36 Å². The summed E-state index contributed by atoms with van der Waals surface area (Å²) in [4.78, 5) is 12.9. The Kier molecular flexibility index (Phi) is 3.66. The van der Waals surface area contributed by atoms with Crippen LogP contribution in [0.1, 0.15) is 18.0 Å². The van der Waals surface area contributed by atoms with Crippen LogP contribution in [-0.2, 0) is 11.3 Å². The van der Waals surface area contributed by atoms with E-state index in [0.29, 0.717) is 5.69 Å². The van der Waals surface area contributed by atoms with E-state index < -0.39 is 6.04 Å². The van der Waals surface area contributed by atoms with Crippen LogP contribution >= 0.6 is 0 Å². The van der Waals surface area contributed by atoms with Gasteiger partial charge in [-0.1, -0.05) is 30.3 Å². The molecule has 4 rings (SSSR count). The summed E-state index contributed by atoms with van der Waals surface area (Å²) in [6.07, 6.45) is 4.11. The highest BCUT2D eigenvalue weighted by Crippen LogP contribution is 2.26. The Balaban J connectivity index is 1.64. The first-order valence-electron chi connectivity index (χ1n) is 7.71. The third kappa shape index (κ3) is 2.60. The summed E-state index contributed by atoms with van der Waals surface area (Å²) in [6.45, 7) is 1.71. The maximum absolute atomic E-state index is 12.9. The van der Waals surface area contributed by atoms with E-state index in [1.807, 2.05) is 35.0 Å². The summed E-state index contributed by atoms with van der Waals surface area (Å²) in [5.74, 6) is 0.606. The number of carbonyl (C=O) groups is 1. The molecule has 0 aliphatic carbocycles. The Bertz CT molecular complexity index is 827. The molecule has 3 aromatic rings. The first-order chi connectivity index (χ1) is 11.8. The molecule has 1 amide bonds. The van der Waals surface area contributed by atoms with Gasteiger partial charge in [-0.05, 0) is 22.4 Å². The van der Waals surface area contributed by atoms with Crippen molar-refractivity contribution in [2.24, 2.45) is 0 Å². The van der Waals surface area contributed by atoms with E-state index in [9.17, 15) is 4.79 Å². The second-order valence-corrected chi connectivity index (χ2v) is 5.50. The van der Waals surface area contributed by atoms with E-state index in [-0.39, 0.29) is 5.91 Å².